The van der Waals surface area contributed by atoms with Crippen molar-refractivity contribution in [3.8, 4) is 0 Å². The maximum absolute atomic E-state index is 12.8. The van der Waals surface area contributed by atoms with Crippen molar-refractivity contribution in [3.05, 3.63) is 42.5 Å². The fourth-order valence-electron chi connectivity index (χ4n) is 2.62. The zero-order chi connectivity index (χ0) is 20.9. The number of amides is 2. The highest BCUT2D eigenvalue weighted by Crippen LogP contribution is 2.21. The number of carbonyl (C=O) groups excluding carboxylic acids is 2. The second-order valence-corrected chi connectivity index (χ2v) is 8.92. The van der Waals surface area contributed by atoms with Crippen LogP contribution in [0.4, 0.5) is 0 Å². The summed E-state index contributed by atoms with van der Waals surface area (Å²) in [5.41, 5.74) is 0. The first-order chi connectivity index (χ1) is 13.1. The summed E-state index contributed by atoms with van der Waals surface area (Å²) in [6.07, 6.45) is 0.777. The zero-order valence-electron chi connectivity index (χ0n) is 16.6. The first kappa shape index (κ1) is 21.8. The number of hydrogen-bond donors (Lipinski definition) is 2. The fourth-order valence-corrected chi connectivity index (χ4v) is 3.78. The van der Waals surface area contributed by atoms with Gasteiger partial charge in [-0.25, -0.2) is 8.42 Å². The molecular formula is C20H27N3O4S. The van der Waals surface area contributed by atoms with Gasteiger partial charge in [0.05, 0.1) is 11.4 Å². The molecule has 2 atom stereocenters. The molecule has 0 aliphatic rings. The number of rotatable bonds is 8. The lowest BCUT2D eigenvalue weighted by Gasteiger charge is -2.20. The lowest BCUT2D eigenvalue weighted by molar-refractivity contribution is -0.128. The van der Waals surface area contributed by atoms with Gasteiger partial charge in [0.1, 0.15) is 6.04 Å². The van der Waals surface area contributed by atoms with Crippen LogP contribution in [-0.4, -0.2) is 50.2 Å². The maximum Gasteiger partial charge on any atom is 0.243 e. The smallest absolute Gasteiger partial charge is 0.243 e. The van der Waals surface area contributed by atoms with Gasteiger partial charge < -0.3 is 10.6 Å². The molecule has 0 saturated carbocycles. The molecule has 0 aliphatic carbocycles. The van der Waals surface area contributed by atoms with E-state index in [4.69, 9.17) is 0 Å². The first-order valence-corrected chi connectivity index (χ1v) is 10.6. The Labute approximate surface area is 166 Å². The topological polar surface area (TPSA) is 95.6 Å². The van der Waals surface area contributed by atoms with E-state index in [1.807, 2.05) is 38.1 Å². The molecule has 28 heavy (non-hydrogen) atoms. The van der Waals surface area contributed by atoms with Crippen molar-refractivity contribution in [3.63, 3.8) is 0 Å². The highest BCUT2D eigenvalue weighted by molar-refractivity contribution is 7.89. The van der Waals surface area contributed by atoms with Crippen LogP contribution in [0.1, 0.15) is 27.2 Å². The molecular weight excluding hydrogens is 378 g/mol. The van der Waals surface area contributed by atoms with E-state index >= 15 is 0 Å². The molecule has 2 unspecified atom stereocenters. The van der Waals surface area contributed by atoms with Crippen molar-refractivity contribution in [1.29, 1.82) is 0 Å². The van der Waals surface area contributed by atoms with Crippen LogP contribution in [0.2, 0.25) is 0 Å². The third-order valence-electron chi connectivity index (χ3n) is 4.57. The third kappa shape index (κ3) is 5.30. The van der Waals surface area contributed by atoms with E-state index in [2.05, 4.69) is 10.6 Å². The van der Waals surface area contributed by atoms with E-state index in [0.29, 0.717) is 0 Å². The van der Waals surface area contributed by atoms with E-state index < -0.39 is 22.0 Å². The predicted octanol–water partition coefficient (Wildman–Crippen LogP) is 1.88. The number of likely N-dealkylation sites (N-methyl/N-ethyl adjacent to an activating group) is 1. The molecule has 2 rings (SSSR count). The lowest BCUT2D eigenvalue weighted by atomic mass is 10.1. The molecule has 0 fully saturated rings. The van der Waals surface area contributed by atoms with E-state index in [1.165, 1.54) is 13.1 Å². The Balaban J connectivity index is 2.04. The zero-order valence-corrected chi connectivity index (χ0v) is 17.4. The Morgan fingerprint density at radius 3 is 2.32 bits per heavy atom. The van der Waals surface area contributed by atoms with Gasteiger partial charge in [0.25, 0.3) is 0 Å². The van der Waals surface area contributed by atoms with Crippen molar-refractivity contribution in [2.24, 2.45) is 0 Å². The summed E-state index contributed by atoms with van der Waals surface area (Å²) in [6.45, 7) is 5.00. The Morgan fingerprint density at radius 1 is 1.04 bits per heavy atom. The fraction of sp³-hybridized carbons (Fsp3) is 0.400. The summed E-state index contributed by atoms with van der Waals surface area (Å²) in [5.74, 6) is -0.846. The molecule has 2 N–H and O–H groups in total. The molecule has 2 amide bonds. The number of nitrogens with one attached hydrogen (secondary N) is 2. The van der Waals surface area contributed by atoms with Gasteiger partial charge in [0, 0.05) is 13.1 Å². The number of fused-ring (bicyclic) bond motifs is 1. The summed E-state index contributed by atoms with van der Waals surface area (Å²) in [7, 11) is -2.49. The molecule has 152 valence electrons. The van der Waals surface area contributed by atoms with E-state index in [1.54, 1.807) is 19.1 Å². The molecule has 8 heteroatoms. The quantitative estimate of drug-likeness (QED) is 0.701. The first-order valence-electron chi connectivity index (χ1n) is 9.20. The molecule has 0 saturated heterocycles. The van der Waals surface area contributed by atoms with Crippen LogP contribution in [0.25, 0.3) is 10.8 Å². The van der Waals surface area contributed by atoms with Gasteiger partial charge in [0.15, 0.2) is 0 Å². The molecule has 0 bridgehead atoms. The maximum atomic E-state index is 12.8. The van der Waals surface area contributed by atoms with E-state index in [0.717, 1.165) is 21.5 Å². The minimum absolute atomic E-state index is 0.00260. The van der Waals surface area contributed by atoms with Crippen molar-refractivity contribution in [2.75, 3.05) is 13.6 Å². The molecule has 0 radical (unpaired) electrons. The number of nitrogens with zero attached hydrogens (tertiary/aromatic N) is 1. The standard InChI is InChI=1S/C20H27N3O4S/c1-5-14(2)21-20(25)15(3)22-19(24)13-23(4)28(26,27)18-11-10-16-8-6-7-9-17(16)12-18/h6-12,14-15H,5,13H2,1-4H3,(H,21,25)(H,22,24). The predicted molar refractivity (Wildman–Crippen MR) is 109 cm³/mol. The number of carbonyl (C=O) groups is 2. The SMILES string of the molecule is CCC(C)NC(=O)C(C)NC(=O)CN(C)S(=O)(=O)c1ccc2ccccc2c1. The minimum atomic E-state index is -3.83. The van der Waals surface area contributed by atoms with Crippen molar-refractivity contribution in [2.45, 2.75) is 44.2 Å². The van der Waals surface area contributed by atoms with Gasteiger partial charge in [-0.05, 0) is 43.2 Å². The molecule has 7 nitrogen and oxygen atoms in total. The molecule has 0 aliphatic heterocycles. The van der Waals surface area contributed by atoms with Crippen LogP contribution in [0, 0.1) is 0 Å². The third-order valence-corrected chi connectivity index (χ3v) is 6.37. The average Bonchev–Trinajstić information content (AvgIpc) is 2.66. The summed E-state index contributed by atoms with van der Waals surface area (Å²) < 4.78 is 26.5. The van der Waals surface area contributed by atoms with Gasteiger partial charge in [-0.1, -0.05) is 37.3 Å². The Hall–Kier alpha value is -2.45. The molecule has 0 heterocycles. The van der Waals surface area contributed by atoms with Crippen LogP contribution in [0.3, 0.4) is 0 Å². The molecule has 0 spiro atoms. The summed E-state index contributed by atoms with van der Waals surface area (Å²) in [6, 6.07) is 11.5. The second kappa shape index (κ2) is 9.16. The number of hydrogen-bond acceptors (Lipinski definition) is 4. The van der Waals surface area contributed by atoms with Crippen LogP contribution in [-0.2, 0) is 19.6 Å². The van der Waals surface area contributed by atoms with Gasteiger partial charge in [0.2, 0.25) is 21.8 Å². The largest absolute Gasteiger partial charge is 0.352 e. The average molecular weight is 406 g/mol. The minimum Gasteiger partial charge on any atom is -0.352 e. The van der Waals surface area contributed by atoms with Gasteiger partial charge >= 0.3 is 0 Å². The van der Waals surface area contributed by atoms with Gasteiger partial charge in [-0.2, -0.15) is 4.31 Å². The summed E-state index contributed by atoms with van der Waals surface area (Å²) in [4.78, 5) is 24.4. The van der Waals surface area contributed by atoms with Crippen LogP contribution < -0.4 is 10.6 Å². The van der Waals surface area contributed by atoms with Gasteiger partial charge in [-0.15, -0.1) is 0 Å². The Kier molecular flexibility index (Phi) is 7.15. The van der Waals surface area contributed by atoms with Crippen molar-refractivity contribution in [1.82, 2.24) is 14.9 Å². The highest BCUT2D eigenvalue weighted by atomic mass is 32.2. The van der Waals surface area contributed by atoms with Crippen LogP contribution >= 0.6 is 0 Å². The lowest BCUT2D eigenvalue weighted by Crippen LogP contribution is -2.49. The van der Waals surface area contributed by atoms with E-state index in [9.17, 15) is 18.0 Å². The Morgan fingerprint density at radius 2 is 1.68 bits per heavy atom. The van der Waals surface area contributed by atoms with Crippen molar-refractivity contribution < 1.29 is 18.0 Å². The van der Waals surface area contributed by atoms with Crippen molar-refractivity contribution >= 4 is 32.6 Å². The van der Waals surface area contributed by atoms with E-state index in [-0.39, 0.29) is 23.4 Å². The number of benzene rings is 2. The monoisotopic (exact) mass is 405 g/mol. The normalized spacial score (nSPS) is 13.9. The summed E-state index contributed by atoms with van der Waals surface area (Å²) in [5, 5.41) is 7.05. The van der Waals surface area contributed by atoms with Crippen LogP contribution in [0.5, 0.6) is 0 Å². The number of sulfonamides is 1. The highest BCUT2D eigenvalue weighted by Gasteiger charge is 2.25. The second-order valence-electron chi connectivity index (χ2n) is 6.88. The molecule has 0 aromatic heterocycles. The van der Waals surface area contributed by atoms with Crippen LogP contribution in [0.15, 0.2) is 47.4 Å². The summed E-state index contributed by atoms with van der Waals surface area (Å²) >= 11 is 0. The molecule has 2 aromatic carbocycles. The van der Waals surface area contributed by atoms with Gasteiger partial charge in [-0.3, -0.25) is 9.59 Å². The Bertz CT molecular complexity index is 959. The molecule has 2 aromatic rings.